The Balaban J connectivity index is 1.57. The molecule has 0 radical (unpaired) electrons. The molecule has 0 saturated heterocycles. The molecule has 0 atom stereocenters. The molecule has 2 aromatic heterocycles. The standard InChI is InChI=1S/C18H14Cl2N4O3/c1-11-14(19)9-15(20)17(22-11)23-16(25)10-27-18(26)12-3-5-13(6-4-12)24-8-2-7-21-24/h2-9H,10H2,1H3,(H,22,23,25). The number of amides is 1. The molecule has 3 rings (SSSR count). The first kappa shape index (κ1) is 18.9. The SMILES string of the molecule is Cc1nc(NC(=O)COC(=O)c2ccc(-n3cccn3)cc2)c(Cl)cc1Cl. The molecule has 0 saturated carbocycles. The maximum absolute atomic E-state index is 12.1. The summed E-state index contributed by atoms with van der Waals surface area (Å²) in [5.41, 5.74) is 1.64. The molecule has 0 fully saturated rings. The molecule has 9 heteroatoms. The van der Waals surface area contributed by atoms with E-state index in [1.54, 1.807) is 54.3 Å². The Bertz CT molecular complexity index is 973. The predicted octanol–water partition coefficient (Wildman–Crippen LogP) is 3.68. The molecule has 0 aliphatic rings. The Kier molecular flexibility index (Phi) is 5.73. The van der Waals surface area contributed by atoms with E-state index in [0.717, 1.165) is 5.69 Å². The molecular formula is C18H14Cl2N4O3. The lowest BCUT2D eigenvalue weighted by Crippen LogP contribution is -2.21. The molecule has 1 N–H and O–H groups in total. The fourth-order valence-corrected chi connectivity index (χ4v) is 2.61. The molecule has 7 nitrogen and oxygen atoms in total. The second-order valence-corrected chi connectivity index (χ2v) is 6.32. The summed E-state index contributed by atoms with van der Waals surface area (Å²) in [5, 5.41) is 7.17. The van der Waals surface area contributed by atoms with Crippen molar-refractivity contribution < 1.29 is 14.3 Å². The number of ether oxygens (including phenoxy) is 1. The van der Waals surface area contributed by atoms with Crippen molar-refractivity contribution in [2.75, 3.05) is 11.9 Å². The maximum Gasteiger partial charge on any atom is 0.338 e. The number of aromatic nitrogens is 3. The Hall–Kier alpha value is -2.90. The fourth-order valence-electron chi connectivity index (χ4n) is 2.20. The lowest BCUT2D eigenvalue weighted by Gasteiger charge is -2.09. The van der Waals surface area contributed by atoms with Gasteiger partial charge in [-0.3, -0.25) is 4.79 Å². The summed E-state index contributed by atoms with van der Waals surface area (Å²) in [6, 6.07) is 9.92. The lowest BCUT2D eigenvalue weighted by atomic mass is 10.2. The summed E-state index contributed by atoms with van der Waals surface area (Å²) >= 11 is 11.9. The molecule has 3 aromatic rings. The number of hydrogen-bond acceptors (Lipinski definition) is 5. The topological polar surface area (TPSA) is 86.1 Å². The first-order chi connectivity index (χ1) is 12.9. The zero-order valence-electron chi connectivity index (χ0n) is 14.1. The van der Waals surface area contributed by atoms with Crippen LogP contribution >= 0.6 is 23.2 Å². The normalized spacial score (nSPS) is 10.5. The van der Waals surface area contributed by atoms with E-state index in [0.29, 0.717) is 16.3 Å². The van der Waals surface area contributed by atoms with Crippen LogP contribution in [0.2, 0.25) is 10.0 Å². The van der Waals surface area contributed by atoms with Crippen molar-refractivity contribution in [3.63, 3.8) is 0 Å². The van der Waals surface area contributed by atoms with E-state index in [4.69, 9.17) is 27.9 Å². The number of halogens is 2. The number of rotatable bonds is 5. The van der Waals surface area contributed by atoms with Crippen LogP contribution in [0.3, 0.4) is 0 Å². The number of anilines is 1. The van der Waals surface area contributed by atoms with E-state index in [-0.39, 0.29) is 10.8 Å². The third-order valence-electron chi connectivity index (χ3n) is 3.57. The zero-order chi connectivity index (χ0) is 19.4. The molecule has 0 spiro atoms. The molecule has 0 bridgehead atoms. The Morgan fingerprint density at radius 3 is 2.59 bits per heavy atom. The number of carbonyl (C=O) groups is 2. The first-order valence-electron chi connectivity index (χ1n) is 7.84. The van der Waals surface area contributed by atoms with Gasteiger partial charge in [-0.05, 0) is 43.3 Å². The van der Waals surface area contributed by atoms with Gasteiger partial charge in [-0.2, -0.15) is 5.10 Å². The Morgan fingerprint density at radius 2 is 1.93 bits per heavy atom. The van der Waals surface area contributed by atoms with Crippen LogP contribution in [0.15, 0.2) is 48.8 Å². The number of benzene rings is 1. The van der Waals surface area contributed by atoms with Crippen LogP contribution in [0, 0.1) is 6.92 Å². The average Bonchev–Trinajstić information content (AvgIpc) is 3.19. The predicted molar refractivity (Wildman–Crippen MR) is 101 cm³/mol. The van der Waals surface area contributed by atoms with Crippen molar-refractivity contribution in [2.24, 2.45) is 0 Å². The Morgan fingerprint density at radius 1 is 1.19 bits per heavy atom. The van der Waals surface area contributed by atoms with Crippen molar-refractivity contribution in [3.05, 3.63) is 70.1 Å². The van der Waals surface area contributed by atoms with E-state index in [9.17, 15) is 9.59 Å². The van der Waals surface area contributed by atoms with Gasteiger partial charge in [0.15, 0.2) is 12.4 Å². The minimum atomic E-state index is -0.622. The smallest absolute Gasteiger partial charge is 0.338 e. The number of aryl methyl sites for hydroxylation is 1. The summed E-state index contributed by atoms with van der Waals surface area (Å²) < 4.78 is 6.68. The zero-order valence-corrected chi connectivity index (χ0v) is 15.7. The summed E-state index contributed by atoms with van der Waals surface area (Å²) in [7, 11) is 0. The molecule has 0 aliphatic carbocycles. The molecule has 27 heavy (non-hydrogen) atoms. The molecule has 1 amide bonds. The quantitative estimate of drug-likeness (QED) is 0.655. The number of carbonyl (C=O) groups excluding carboxylic acids is 2. The van der Waals surface area contributed by atoms with Crippen LogP contribution in [0.1, 0.15) is 16.1 Å². The first-order valence-corrected chi connectivity index (χ1v) is 8.59. The summed E-state index contributed by atoms with van der Waals surface area (Å²) in [4.78, 5) is 28.1. The largest absolute Gasteiger partial charge is 0.452 e. The highest BCUT2D eigenvalue weighted by Gasteiger charge is 2.13. The van der Waals surface area contributed by atoms with Gasteiger partial charge in [0.2, 0.25) is 0 Å². The maximum atomic E-state index is 12.1. The third kappa shape index (κ3) is 4.64. The van der Waals surface area contributed by atoms with E-state index >= 15 is 0 Å². The third-order valence-corrected chi connectivity index (χ3v) is 4.24. The van der Waals surface area contributed by atoms with Gasteiger partial charge < -0.3 is 10.1 Å². The number of pyridine rings is 1. The molecule has 2 heterocycles. The van der Waals surface area contributed by atoms with Gasteiger partial charge in [-0.15, -0.1) is 0 Å². The monoisotopic (exact) mass is 404 g/mol. The van der Waals surface area contributed by atoms with Crippen LogP contribution < -0.4 is 5.32 Å². The summed E-state index contributed by atoms with van der Waals surface area (Å²) in [5.74, 6) is -1.03. The minimum Gasteiger partial charge on any atom is -0.452 e. The van der Waals surface area contributed by atoms with Gasteiger partial charge >= 0.3 is 5.97 Å². The van der Waals surface area contributed by atoms with E-state index in [2.05, 4.69) is 15.4 Å². The second kappa shape index (κ2) is 8.20. The minimum absolute atomic E-state index is 0.156. The van der Waals surface area contributed by atoms with E-state index in [1.807, 2.05) is 0 Å². The van der Waals surface area contributed by atoms with Gasteiger partial charge in [0.25, 0.3) is 5.91 Å². The Labute approximate surface area is 164 Å². The van der Waals surface area contributed by atoms with Crippen LogP contribution in [0.25, 0.3) is 5.69 Å². The fraction of sp³-hybridized carbons (Fsp3) is 0.111. The van der Waals surface area contributed by atoms with Gasteiger partial charge in [0.1, 0.15) is 0 Å². The van der Waals surface area contributed by atoms with Crippen LogP contribution in [0.5, 0.6) is 0 Å². The molecule has 0 unspecified atom stereocenters. The van der Waals surface area contributed by atoms with Gasteiger partial charge in [0, 0.05) is 12.4 Å². The molecular weight excluding hydrogens is 391 g/mol. The number of nitrogens with zero attached hydrogens (tertiary/aromatic N) is 3. The average molecular weight is 405 g/mol. The highest BCUT2D eigenvalue weighted by atomic mass is 35.5. The van der Waals surface area contributed by atoms with Crippen molar-refractivity contribution in [2.45, 2.75) is 6.92 Å². The molecule has 0 aliphatic heterocycles. The highest BCUT2D eigenvalue weighted by molar-refractivity contribution is 6.36. The van der Waals surface area contributed by atoms with E-state index in [1.165, 1.54) is 6.07 Å². The number of hydrogen-bond donors (Lipinski definition) is 1. The van der Waals surface area contributed by atoms with Crippen LogP contribution in [-0.2, 0) is 9.53 Å². The van der Waals surface area contributed by atoms with Crippen molar-refractivity contribution in [3.8, 4) is 5.69 Å². The second-order valence-electron chi connectivity index (χ2n) is 5.51. The molecule has 1 aromatic carbocycles. The lowest BCUT2D eigenvalue weighted by molar-refractivity contribution is -0.119. The van der Waals surface area contributed by atoms with Crippen LogP contribution in [0.4, 0.5) is 5.82 Å². The highest BCUT2D eigenvalue weighted by Crippen LogP contribution is 2.25. The van der Waals surface area contributed by atoms with Gasteiger partial charge in [-0.25, -0.2) is 14.5 Å². The van der Waals surface area contributed by atoms with Crippen molar-refractivity contribution in [1.82, 2.24) is 14.8 Å². The van der Waals surface area contributed by atoms with Crippen molar-refractivity contribution >= 4 is 40.9 Å². The van der Waals surface area contributed by atoms with E-state index < -0.39 is 18.5 Å². The van der Waals surface area contributed by atoms with Crippen molar-refractivity contribution in [1.29, 1.82) is 0 Å². The summed E-state index contributed by atoms with van der Waals surface area (Å²) in [6.45, 7) is 1.21. The summed E-state index contributed by atoms with van der Waals surface area (Å²) in [6.07, 6.45) is 3.44. The van der Waals surface area contributed by atoms with Gasteiger partial charge in [-0.1, -0.05) is 23.2 Å². The van der Waals surface area contributed by atoms with Gasteiger partial charge in [0.05, 0.1) is 27.0 Å². The number of esters is 1. The van der Waals surface area contributed by atoms with Crippen LogP contribution in [-0.4, -0.2) is 33.2 Å². The number of nitrogens with one attached hydrogen (secondary N) is 1. The molecule has 138 valence electrons.